The van der Waals surface area contributed by atoms with E-state index in [4.69, 9.17) is 0 Å². The second-order valence-electron chi connectivity index (χ2n) is 7.74. The molecule has 30 heavy (non-hydrogen) atoms. The molecule has 4 heteroatoms. The number of aromatic hydroxyl groups is 1. The first kappa shape index (κ1) is 19.6. The van der Waals surface area contributed by atoms with Gasteiger partial charge in [-0.3, -0.25) is 9.79 Å². The van der Waals surface area contributed by atoms with E-state index in [2.05, 4.69) is 11.9 Å². The highest BCUT2D eigenvalue weighted by Crippen LogP contribution is 2.28. The van der Waals surface area contributed by atoms with E-state index in [1.165, 1.54) is 10.1 Å². The van der Waals surface area contributed by atoms with Gasteiger partial charge in [0.25, 0.3) is 5.56 Å². The van der Waals surface area contributed by atoms with Crippen LogP contribution in [0.2, 0.25) is 0 Å². The summed E-state index contributed by atoms with van der Waals surface area (Å²) in [6.07, 6.45) is 1.64. The molecular weight excluding hydrogens is 372 g/mol. The van der Waals surface area contributed by atoms with Crippen LogP contribution in [0.4, 0.5) is 5.69 Å². The number of nitrogens with zero attached hydrogens (tertiary/aromatic N) is 2. The van der Waals surface area contributed by atoms with Gasteiger partial charge in [0.15, 0.2) is 0 Å². The highest BCUT2D eigenvalue weighted by molar-refractivity contribution is 6.02. The fourth-order valence-corrected chi connectivity index (χ4v) is 3.71. The van der Waals surface area contributed by atoms with Crippen molar-refractivity contribution in [1.82, 2.24) is 4.57 Å². The van der Waals surface area contributed by atoms with Crippen molar-refractivity contribution in [3.05, 3.63) is 98.8 Å². The summed E-state index contributed by atoms with van der Waals surface area (Å²) in [5, 5.41) is 12.4. The maximum absolute atomic E-state index is 13.3. The summed E-state index contributed by atoms with van der Waals surface area (Å²) < 4.78 is 1.37. The Morgan fingerprint density at radius 3 is 2.27 bits per heavy atom. The normalized spacial score (nSPS) is 11.5. The van der Waals surface area contributed by atoms with Gasteiger partial charge in [-0.15, -0.1) is 0 Å². The zero-order valence-corrected chi connectivity index (χ0v) is 17.6. The second-order valence-corrected chi connectivity index (χ2v) is 7.74. The number of pyridine rings is 1. The van der Waals surface area contributed by atoms with Gasteiger partial charge in [0.2, 0.25) is 5.88 Å². The van der Waals surface area contributed by atoms with Crippen LogP contribution in [-0.4, -0.2) is 15.9 Å². The minimum Gasteiger partial charge on any atom is -0.494 e. The van der Waals surface area contributed by atoms with Gasteiger partial charge in [0.05, 0.1) is 16.9 Å². The molecule has 4 rings (SSSR count). The van der Waals surface area contributed by atoms with E-state index in [0.29, 0.717) is 22.0 Å². The summed E-state index contributed by atoms with van der Waals surface area (Å²) in [5.41, 5.74) is 6.09. The third-order valence-electron chi connectivity index (χ3n) is 5.53. The van der Waals surface area contributed by atoms with Crippen LogP contribution in [0.5, 0.6) is 5.88 Å². The van der Waals surface area contributed by atoms with Gasteiger partial charge >= 0.3 is 0 Å². The van der Waals surface area contributed by atoms with Crippen molar-refractivity contribution in [2.45, 2.75) is 27.7 Å². The van der Waals surface area contributed by atoms with Crippen molar-refractivity contribution in [2.24, 2.45) is 4.99 Å². The van der Waals surface area contributed by atoms with Crippen molar-refractivity contribution in [1.29, 1.82) is 0 Å². The molecule has 0 unspecified atom stereocenters. The minimum absolute atomic E-state index is 0.113. The second kappa shape index (κ2) is 7.64. The first-order valence-electron chi connectivity index (χ1n) is 9.92. The van der Waals surface area contributed by atoms with E-state index >= 15 is 0 Å². The Kier molecular flexibility index (Phi) is 5.00. The summed E-state index contributed by atoms with van der Waals surface area (Å²) in [6, 6.07) is 19.1. The number of aromatic nitrogens is 1. The molecule has 0 saturated carbocycles. The fourth-order valence-electron chi connectivity index (χ4n) is 3.71. The number of aliphatic imine (C=N–C) groups is 1. The van der Waals surface area contributed by atoms with Gasteiger partial charge in [-0.25, -0.2) is 4.57 Å². The number of hydrogen-bond donors (Lipinski definition) is 1. The van der Waals surface area contributed by atoms with Crippen molar-refractivity contribution >= 4 is 22.7 Å². The molecule has 150 valence electrons. The SMILES string of the molecule is Cc1ccc(-n2c(O)c(C=Nc3ccc(C)c(C)c3)c3ccccc3c2=O)c(C)c1. The van der Waals surface area contributed by atoms with Gasteiger partial charge in [0, 0.05) is 17.0 Å². The van der Waals surface area contributed by atoms with Crippen molar-refractivity contribution in [2.75, 3.05) is 0 Å². The van der Waals surface area contributed by atoms with E-state index in [1.54, 1.807) is 12.3 Å². The molecule has 4 nitrogen and oxygen atoms in total. The van der Waals surface area contributed by atoms with E-state index in [-0.39, 0.29) is 11.4 Å². The molecule has 1 heterocycles. The molecular formula is C26H24N2O2. The minimum atomic E-state index is -0.251. The van der Waals surface area contributed by atoms with Crippen LogP contribution < -0.4 is 5.56 Å². The Balaban J connectivity index is 1.98. The lowest BCUT2D eigenvalue weighted by atomic mass is 10.1. The molecule has 0 aliphatic carbocycles. The first-order valence-corrected chi connectivity index (χ1v) is 9.92. The smallest absolute Gasteiger partial charge is 0.265 e. The van der Waals surface area contributed by atoms with E-state index in [1.807, 2.05) is 75.4 Å². The highest BCUT2D eigenvalue weighted by Gasteiger charge is 2.17. The Morgan fingerprint density at radius 2 is 1.57 bits per heavy atom. The molecule has 0 atom stereocenters. The number of aryl methyl sites for hydroxylation is 4. The lowest BCUT2D eigenvalue weighted by Crippen LogP contribution is -2.21. The zero-order valence-electron chi connectivity index (χ0n) is 17.6. The predicted molar refractivity (Wildman–Crippen MR) is 124 cm³/mol. The summed E-state index contributed by atoms with van der Waals surface area (Å²) in [5.74, 6) is -0.113. The standard InChI is InChI=1S/C26H24N2O2/c1-16-9-12-24(19(4)13-16)28-25(29)22-8-6-5-7-21(22)23(26(28)30)15-27-20-11-10-17(2)18(3)14-20/h5-15,30H,1-4H3. The van der Waals surface area contributed by atoms with Crippen LogP contribution in [0, 0.1) is 27.7 Å². The van der Waals surface area contributed by atoms with Gasteiger partial charge in [0.1, 0.15) is 0 Å². The van der Waals surface area contributed by atoms with Gasteiger partial charge < -0.3 is 5.11 Å². The first-order chi connectivity index (χ1) is 14.4. The van der Waals surface area contributed by atoms with Crippen LogP contribution in [0.3, 0.4) is 0 Å². The maximum Gasteiger partial charge on any atom is 0.265 e. The summed E-state index contributed by atoms with van der Waals surface area (Å²) in [6.45, 7) is 8.04. The lowest BCUT2D eigenvalue weighted by molar-refractivity contribution is 0.436. The van der Waals surface area contributed by atoms with Crippen LogP contribution in [-0.2, 0) is 0 Å². The largest absolute Gasteiger partial charge is 0.494 e. The van der Waals surface area contributed by atoms with Crippen LogP contribution in [0.25, 0.3) is 16.5 Å². The summed E-state index contributed by atoms with van der Waals surface area (Å²) in [4.78, 5) is 17.8. The highest BCUT2D eigenvalue weighted by atomic mass is 16.3. The predicted octanol–water partition coefficient (Wildman–Crippen LogP) is 5.68. The molecule has 4 aromatic rings. The Labute approximate surface area is 175 Å². The van der Waals surface area contributed by atoms with Crippen LogP contribution in [0.15, 0.2) is 70.5 Å². The molecule has 0 radical (unpaired) electrons. The molecule has 0 saturated heterocycles. The van der Waals surface area contributed by atoms with Crippen molar-refractivity contribution in [3.8, 4) is 11.6 Å². The van der Waals surface area contributed by atoms with Gasteiger partial charge in [-0.2, -0.15) is 0 Å². The Morgan fingerprint density at radius 1 is 0.833 bits per heavy atom. The van der Waals surface area contributed by atoms with E-state index in [9.17, 15) is 9.90 Å². The molecule has 0 amide bonds. The fraction of sp³-hybridized carbons (Fsp3) is 0.154. The van der Waals surface area contributed by atoms with Gasteiger partial charge in [-0.05, 0) is 68.7 Å². The summed E-state index contributed by atoms with van der Waals surface area (Å²) in [7, 11) is 0. The molecule has 0 aliphatic heterocycles. The Bertz CT molecular complexity index is 1360. The average Bonchev–Trinajstić information content (AvgIpc) is 2.72. The molecule has 0 fully saturated rings. The number of benzene rings is 3. The molecule has 3 aromatic carbocycles. The monoisotopic (exact) mass is 396 g/mol. The molecule has 0 aliphatic rings. The number of fused-ring (bicyclic) bond motifs is 1. The maximum atomic E-state index is 13.3. The van der Waals surface area contributed by atoms with Crippen LogP contribution >= 0.6 is 0 Å². The molecule has 0 bridgehead atoms. The number of hydrogen-bond acceptors (Lipinski definition) is 3. The molecule has 0 spiro atoms. The third kappa shape index (κ3) is 3.41. The van der Waals surface area contributed by atoms with Crippen LogP contribution in [0.1, 0.15) is 27.8 Å². The third-order valence-corrected chi connectivity index (χ3v) is 5.53. The Hall–Kier alpha value is -3.66. The van der Waals surface area contributed by atoms with E-state index < -0.39 is 0 Å². The molecule has 1 N–H and O–H groups in total. The lowest BCUT2D eigenvalue weighted by Gasteiger charge is -2.16. The molecule has 1 aromatic heterocycles. The number of rotatable bonds is 3. The van der Waals surface area contributed by atoms with Gasteiger partial charge in [-0.1, -0.05) is 42.0 Å². The summed E-state index contributed by atoms with van der Waals surface area (Å²) >= 11 is 0. The zero-order chi connectivity index (χ0) is 21.4. The van der Waals surface area contributed by atoms with E-state index in [0.717, 1.165) is 22.4 Å². The van der Waals surface area contributed by atoms with Crippen molar-refractivity contribution in [3.63, 3.8) is 0 Å². The quantitative estimate of drug-likeness (QED) is 0.453. The average molecular weight is 396 g/mol. The topological polar surface area (TPSA) is 54.6 Å². The van der Waals surface area contributed by atoms with Crippen molar-refractivity contribution < 1.29 is 5.11 Å².